The predicted octanol–water partition coefficient (Wildman–Crippen LogP) is 4.37. The number of para-hydroxylation sites is 1. The van der Waals surface area contributed by atoms with E-state index in [0.717, 1.165) is 30.9 Å². The maximum absolute atomic E-state index is 6.05. The predicted molar refractivity (Wildman–Crippen MR) is 87.8 cm³/mol. The largest absolute Gasteiger partial charge is 0.457 e. The minimum atomic E-state index is 0.897. The molecule has 0 fully saturated rings. The standard InChI is InChI=1S/C19H21NO/c1-20(2)14-15-11-12-18-16(13-15)7-6-10-19(18)21-17-8-4-3-5-9-17/h3-10,13H,11-12,14H2,1-2H3. The van der Waals surface area contributed by atoms with Crippen molar-refractivity contribution < 1.29 is 4.74 Å². The Bertz CT molecular complexity index is 644. The molecule has 0 atom stereocenters. The maximum Gasteiger partial charge on any atom is 0.131 e. The van der Waals surface area contributed by atoms with Crippen molar-refractivity contribution in [3.63, 3.8) is 0 Å². The zero-order valence-corrected chi connectivity index (χ0v) is 12.7. The monoisotopic (exact) mass is 279 g/mol. The summed E-state index contributed by atoms with van der Waals surface area (Å²) in [5.74, 6) is 1.88. The van der Waals surface area contributed by atoms with E-state index in [9.17, 15) is 0 Å². The second kappa shape index (κ2) is 6.15. The van der Waals surface area contributed by atoms with Crippen molar-refractivity contribution in [3.05, 3.63) is 65.2 Å². The molecule has 0 spiro atoms. The normalized spacial score (nSPS) is 13.8. The van der Waals surface area contributed by atoms with Gasteiger partial charge in [-0.05, 0) is 50.7 Å². The number of nitrogens with zero attached hydrogens (tertiary/aromatic N) is 1. The molecule has 3 rings (SSSR count). The van der Waals surface area contributed by atoms with Gasteiger partial charge in [-0.1, -0.05) is 42.0 Å². The zero-order valence-electron chi connectivity index (χ0n) is 12.7. The molecule has 0 radical (unpaired) electrons. The first-order valence-electron chi connectivity index (χ1n) is 7.41. The van der Waals surface area contributed by atoms with Gasteiger partial charge < -0.3 is 9.64 Å². The average Bonchev–Trinajstić information content (AvgIpc) is 2.48. The van der Waals surface area contributed by atoms with E-state index in [1.165, 1.54) is 16.7 Å². The third-order valence-corrected chi connectivity index (χ3v) is 3.72. The smallest absolute Gasteiger partial charge is 0.131 e. The minimum absolute atomic E-state index is 0.897. The highest BCUT2D eigenvalue weighted by molar-refractivity contribution is 5.63. The van der Waals surface area contributed by atoms with Crippen LogP contribution in [-0.4, -0.2) is 25.5 Å². The first-order valence-corrected chi connectivity index (χ1v) is 7.41. The highest BCUT2D eigenvalue weighted by atomic mass is 16.5. The van der Waals surface area contributed by atoms with E-state index in [1.807, 2.05) is 30.3 Å². The Morgan fingerprint density at radius 1 is 0.952 bits per heavy atom. The molecule has 108 valence electrons. The van der Waals surface area contributed by atoms with Crippen LogP contribution in [0.5, 0.6) is 11.5 Å². The van der Waals surface area contributed by atoms with Crippen molar-refractivity contribution >= 4 is 6.08 Å². The Morgan fingerprint density at radius 2 is 1.76 bits per heavy atom. The van der Waals surface area contributed by atoms with Gasteiger partial charge in [0.15, 0.2) is 0 Å². The van der Waals surface area contributed by atoms with Gasteiger partial charge in [0.2, 0.25) is 0 Å². The fourth-order valence-electron chi connectivity index (χ4n) is 2.81. The van der Waals surface area contributed by atoms with E-state index >= 15 is 0 Å². The van der Waals surface area contributed by atoms with Crippen molar-refractivity contribution in [1.29, 1.82) is 0 Å². The number of rotatable bonds is 4. The van der Waals surface area contributed by atoms with Crippen LogP contribution < -0.4 is 4.74 Å². The number of hydrogen-bond donors (Lipinski definition) is 0. The Morgan fingerprint density at radius 3 is 2.52 bits per heavy atom. The second-order valence-corrected chi connectivity index (χ2v) is 5.78. The summed E-state index contributed by atoms with van der Waals surface area (Å²) in [5, 5.41) is 0. The van der Waals surface area contributed by atoms with Gasteiger partial charge in [0, 0.05) is 12.1 Å². The summed E-state index contributed by atoms with van der Waals surface area (Å²) in [6.07, 6.45) is 4.48. The van der Waals surface area contributed by atoms with Crippen LogP contribution in [0.1, 0.15) is 17.5 Å². The number of fused-ring (bicyclic) bond motifs is 1. The maximum atomic E-state index is 6.05. The molecular formula is C19H21NO. The SMILES string of the molecule is CN(C)CC1=Cc2cccc(Oc3ccccc3)c2CC1. The van der Waals surface area contributed by atoms with E-state index in [1.54, 1.807) is 0 Å². The number of hydrogen-bond acceptors (Lipinski definition) is 2. The van der Waals surface area contributed by atoms with Gasteiger partial charge in [0.1, 0.15) is 11.5 Å². The summed E-state index contributed by atoms with van der Waals surface area (Å²) < 4.78 is 6.05. The fourth-order valence-corrected chi connectivity index (χ4v) is 2.81. The van der Waals surface area contributed by atoms with Gasteiger partial charge in [-0.25, -0.2) is 0 Å². The van der Waals surface area contributed by atoms with E-state index in [0.29, 0.717) is 0 Å². The Balaban J connectivity index is 1.87. The molecule has 1 aliphatic rings. The van der Waals surface area contributed by atoms with Crippen LogP contribution in [0.25, 0.3) is 6.08 Å². The van der Waals surface area contributed by atoms with Crippen LogP contribution in [0.3, 0.4) is 0 Å². The van der Waals surface area contributed by atoms with Crippen molar-refractivity contribution in [3.8, 4) is 11.5 Å². The molecular weight excluding hydrogens is 258 g/mol. The quantitative estimate of drug-likeness (QED) is 0.824. The first-order chi connectivity index (χ1) is 10.2. The molecule has 2 heteroatoms. The lowest BCUT2D eigenvalue weighted by Crippen LogP contribution is -2.17. The summed E-state index contributed by atoms with van der Waals surface area (Å²) in [7, 11) is 4.23. The van der Waals surface area contributed by atoms with Crippen LogP contribution in [0.2, 0.25) is 0 Å². The van der Waals surface area contributed by atoms with Gasteiger partial charge in [0.05, 0.1) is 0 Å². The molecule has 0 N–H and O–H groups in total. The van der Waals surface area contributed by atoms with Crippen molar-refractivity contribution in [1.82, 2.24) is 4.90 Å². The molecule has 21 heavy (non-hydrogen) atoms. The molecule has 0 saturated heterocycles. The summed E-state index contributed by atoms with van der Waals surface area (Å²) in [5.41, 5.74) is 4.11. The van der Waals surface area contributed by atoms with E-state index in [2.05, 4.69) is 43.3 Å². The third-order valence-electron chi connectivity index (χ3n) is 3.72. The Kier molecular flexibility index (Phi) is 4.07. The van der Waals surface area contributed by atoms with Gasteiger partial charge >= 0.3 is 0 Å². The van der Waals surface area contributed by atoms with Crippen molar-refractivity contribution in [2.75, 3.05) is 20.6 Å². The molecule has 0 saturated carbocycles. The number of ether oxygens (including phenoxy) is 1. The van der Waals surface area contributed by atoms with Crippen LogP contribution in [-0.2, 0) is 6.42 Å². The topological polar surface area (TPSA) is 12.5 Å². The summed E-state index contributed by atoms with van der Waals surface area (Å²) >= 11 is 0. The van der Waals surface area contributed by atoms with E-state index < -0.39 is 0 Å². The minimum Gasteiger partial charge on any atom is -0.457 e. The second-order valence-electron chi connectivity index (χ2n) is 5.78. The number of benzene rings is 2. The van der Waals surface area contributed by atoms with Crippen LogP contribution >= 0.6 is 0 Å². The van der Waals surface area contributed by atoms with E-state index in [-0.39, 0.29) is 0 Å². The summed E-state index contributed by atoms with van der Waals surface area (Å²) in [4.78, 5) is 2.22. The highest BCUT2D eigenvalue weighted by Crippen LogP contribution is 2.33. The average molecular weight is 279 g/mol. The molecule has 0 unspecified atom stereocenters. The molecule has 2 nitrogen and oxygen atoms in total. The fraction of sp³-hybridized carbons (Fsp3) is 0.263. The molecule has 0 amide bonds. The van der Waals surface area contributed by atoms with E-state index in [4.69, 9.17) is 4.74 Å². The lowest BCUT2D eigenvalue weighted by atomic mass is 9.91. The molecule has 0 heterocycles. The molecule has 2 aromatic rings. The number of likely N-dealkylation sites (N-methyl/N-ethyl adjacent to an activating group) is 1. The lowest BCUT2D eigenvalue weighted by Gasteiger charge is -2.21. The highest BCUT2D eigenvalue weighted by Gasteiger charge is 2.15. The van der Waals surface area contributed by atoms with Gasteiger partial charge in [-0.15, -0.1) is 0 Å². The Labute approximate surface area is 126 Å². The molecule has 1 aliphatic carbocycles. The van der Waals surface area contributed by atoms with Gasteiger partial charge in [-0.3, -0.25) is 0 Å². The first kappa shape index (κ1) is 13.9. The molecule has 2 aromatic carbocycles. The van der Waals surface area contributed by atoms with Crippen LogP contribution in [0.15, 0.2) is 54.1 Å². The summed E-state index contributed by atoms with van der Waals surface area (Å²) in [6.45, 7) is 1.03. The third kappa shape index (κ3) is 3.34. The lowest BCUT2D eigenvalue weighted by molar-refractivity contribution is 0.438. The Hall–Kier alpha value is -2.06. The zero-order chi connectivity index (χ0) is 14.7. The van der Waals surface area contributed by atoms with Crippen molar-refractivity contribution in [2.24, 2.45) is 0 Å². The van der Waals surface area contributed by atoms with Crippen LogP contribution in [0, 0.1) is 0 Å². The van der Waals surface area contributed by atoms with Gasteiger partial charge in [-0.2, -0.15) is 0 Å². The van der Waals surface area contributed by atoms with Gasteiger partial charge in [0.25, 0.3) is 0 Å². The molecule has 0 aromatic heterocycles. The van der Waals surface area contributed by atoms with Crippen LogP contribution in [0.4, 0.5) is 0 Å². The summed E-state index contributed by atoms with van der Waals surface area (Å²) in [6, 6.07) is 16.3. The molecule has 0 bridgehead atoms. The molecule has 0 aliphatic heterocycles. The van der Waals surface area contributed by atoms with Crippen molar-refractivity contribution in [2.45, 2.75) is 12.8 Å².